The van der Waals surface area contributed by atoms with Gasteiger partial charge in [0.1, 0.15) is 11.8 Å². The minimum absolute atomic E-state index is 0.00135. The molecule has 8 nitrogen and oxygen atoms in total. The van der Waals surface area contributed by atoms with Crippen molar-refractivity contribution in [2.24, 2.45) is 0 Å². The Bertz CT molecular complexity index is 800. The van der Waals surface area contributed by atoms with Crippen LogP contribution < -0.4 is 4.90 Å². The molecule has 0 radical (unpaired) electrons. The number of imidazole rings is 1. The molecule has 1 N–H and O–H groups in total. The smallest absolute Gasteiger partial charge is 0.217 e. The molecule has 3 heterocycles. The molecule has 22 heavy (non-hydrogen) atoms. The summed E-state index contributed by atoms with van der Waals surface area (Å²) >= 11 is 0. The van der Waals surface area contributed by atoms with Gasteiger partial charge in [-0.1, -0.05) is 0 Å². The normalized spacial score (nSPS) is 22.8. The summed E-state index contributed by atoms with van der Waals surface area (Å²) in [5, 5.41) is -0.162. The number of nitrogens with one attached hydrogen (secondary N) is 1. The molecule has 1 atom stereocenters. The molecule has 1 saturated carbocycles. The van der Waals surface area contributed by atoms with E-state index in [4.69, 9.17) is 0 Å². The summed E-state index contributed by atoms with van der Waals surface area (Å²) in [6.45, 7) is 1.42. The molecule has 4 rings (SSSR count). The molecular weight excluding hydrogens is 304 g/mol. The molecule has 118 valence electrons. The molecule has 2 aromatic rings. The zero-order chi connectivity index (χ0) is 15.3. The van der Waals surface area contributed by atoms with Crippen molar-refractivity contribution in [2.45, 2.75) is 30.6 Å². The number of aromatic amines is 1. The van der Waals surface area contributed by atoms with Crippen LogP contribution in [-0.2, 0) is 10.0 Å². The maximum Gasteiger partial charge on any atom is 0.217 e. The van der Waals surface area contributed by atoms with Crippen LogP contribution in [0.1, 0.15) is 19.3 Å². The number of fused-ring (bicyclic) bond motifs is 1. The largest absolute Gasteiger partial charge is 0.353 e. The van der Waals surface area contributed by atoms with Crippen LogP contribution in [0.4, 0.5) is 5.82 Å². The van der Waals surface area contributed by atoms with Crippen LogP contribution in [0, 0.1) is 0 Å². The van der Waals surface area contributed by atoms with Crippen molar-refractivity contribution in [1.29, 1.82) is 0 Å². The Hall–Kier alpha value is -1.74. The van der Waals surface area contributed by atoms with E-state index in [0.717, 1.165) is 37.1 Å². The topological polar surface area (TPSA) is 95.1 Å². The highest BCUT2D eigenvalue weighted by Crippen LogP contribution is 2.33. The van der Waals surface area contributed by atoms with Crippen molar-refractivity contribution in [3.8, 4) is 0 Å². The van der Waals surface area contributed by atoms with E-state index in [9.17, 15) is 8.42 Å². The van der Waals surface area contributed by atoms with Crippen molar-refractivity contribution in [1.82, 2.24) is 24.2 Å². The van der Waals surface area contributed by atoms with E-state index in [-0.39, 0.29) is 11.3 Å². The Kier molecular flexibility index (Phi) is 3.08. The average molecular weight is 322 g/mol. The van der Waals surface area contributed by atoms with Crippen LogP contribution >= 0.6 is 0 Å². The van der Waals surface area contributed by atoms with Gasteiger partial charge in [0, 0.05) is 26.2 Å². The van der Waals surface area contributed by atoms with Gasteiger partial charge in [-0.05, 0) is 19.3 Å². The Morgan fingerprint density at radius 3 is 2.86 bits per heavy atom. The fourth-order valence-electron chi connectivity index (χ4n) is 3.03. The highest BCUT2D eigenvalue weighted by atomic mass is 32.2. The second-order valence-corrected chi connectivity index (χ2v) is 8.22. The second kappa shape index (κ2) is 4.88. The maximum absolute atomic E-state index is 12.4. The van der Waals surface area contributed by atoms with Gasteiger partial charge in [0.25, 0.3) is 0 Å². The van der Waals surface area contributed by atoms with E-state index in [1.54, 1.807) is 17.7 Å². The summed E-state index contributed by atoms with van der Waals surface area (Å²) < 4.78 is 26.3. The Morgan fingerprint density at radius 1 is 1.27 bits per heavy atom. The van der Waals surface area contributed by atoms with Gasteiger partial charge in [-0.3, -0.25) is 0 Å². The monoisotopic (exact) mass is 322 g/mol. The number of sulfonamides is 1. The summed E-state index contributed by atoms with van der Waals surface area (Å²) in [5.74, 6) is 0.794. The minimum atomic E-state index is -3.13. The Balaban J connectivity index is 1.56. The molecule has 1 aliphatic heterocycles. The molecule has 0 aromatic carbocycles. The van der Waals surface area contributed by atoms with Crippen LogP contribution in [0.3, 0.4) is 0 Å². The van der Waals surface area contributed by atoms with E-state index < -0.39 is 10.0 Å². The third-order valence-electron chi connectivity index (χ3n) is 4.53. The van der Waals surface area contributed by atoms with Gasteiger partial charge in [-0.2, -0.15) is 4.31 Å². The SMILES string of the molecule is CN(C1CCN(c2ncnc3nc[nH]c23)C1)S(=O)(=O)C1CC1. The highest BCUT2D eigenvalue weighted by molar-refractivity contribution is 7.90. The van der Waals surface area contributed by atoms with Gasteiger partial charge in [-0.25, -0.2) is 23.4 Å². The maximum atomic E-state index is 12.4. The van der Waals surface area contributed by atoms with Gasteiger partial charge in [0.2, 0.25) is 10.0 Å². The summed E-state index contributed by atoms with van der Waals surface area (Å²) in [6, 6.07) is -0.00135. The fourth-order valence-corrected chi connectivity index (χ4v) is 4.82. The standard InChI is InChI=1S/C13H18N6O2S/c1-18(22(20,21)10-2-3-10)9-4-5-19(6-9)13-11-12(15-7-14-11)16-8-17-13/h7-10H,2-6H2,1H3,(H,14,15,16,17). The Labute approximate surface area is 128 Å². The number of hydrogen-bond donors (Lipinski definition) is 1. The first kappa shape index (κ1) is 13.9. The van der Waals surface area contributed by atoms with Crippen molar-refractivity contribution in [3.05, 3.63) is 12.7 Å². The first-order valence-corrected chi connectivity index (χ1v) is 8.93. The van der Waals surface area contributed by atoms with Crippen molar-refractivity contribution in [2.75, 3.05) is 25.0 Å². The van der Waals surface area contributed by atoms with E-state index >= 15 is 0 Å². The lowest BCUT2D eigenvalue weighted by atomic mass is 10.3. The summed E-state index contributed by atoms with van der Waals surface area (Å²) in [6.07, 6.45) is 5.49. The number of aromatic nitrogens is 4. The van der Waals surface area contributed by atoms with E-state index in [0.29, 0.717) is 12.2 Å². The van der Waals surface area contributed by atoms with Gasteiger partial charge in [0.05, 0.1) is 11.6 Å². The Morgan fingerprint density at radius 2 is 2.09 bits per heavy atom. The summed E-state index contributed by atoms with van der Waals surface area (Å²) in [5.41, 5.74) is 1.43. The lowest BCUT2D eigenvalue weighted by Gasteiger charge is -2.24. The number of likely N-dealkylation sites (N-methyl/N-ethyl adjacent to an activating group) is 1. The number of H-pyrrole nitrogens is 1. The van der Waals surface area contributed by atoms with E-state index in [1.165, 1.54) is 6.33 Å². The molecule has 0 bridgehead atoms. The number of rotatable bonds is 4. The molecule has 9 heteroatoms. The van der Waals surface area contributed by atoms with Crippen LogP contribution in [0.2, 0.25) is 0 Å². The number of anilines is 1. The van der Waals surface area contributed by atoms with E-state index in [2.05, 4.69) is 24.8 Å². The zero-order valence-corrected chi connectivity index (χ0v) is 13.1. The number of nitrogens with zero attached hydrogens (tertiary/aromatic N) is 5. The minimum Gasteiger partial charge on any atom is -0.353 e. The predicted octanol–water partition coefficient (Wildman–Crippen LogP) is 0.356. The molecular formula is C13H18N6O2S. The fraction of sp³-hybridized carbons (Fsp3) is 0.615. The third kappa shape index (κ3) is 2.15. The highest BCUT2D eigenvalue weighted by Gasteiger charge is 2.42. The van der Waals surface area contributed by atoms with Crippen LogP contribution in [0.5, 0.6) is 0 Å². The van der Waals surface area contributed by atoms with Crippen molar-refractivity contribution in [3.63, 3.8) is 0 Å². The molecule has 1 unspecified atom stereocenters. The molecule has 2 aliphatic rings. The molecule has 1 aliphatic carbocycles. The summed E-state index contributed by atoms with van der Waals surface area (Å²) in [7, 11) is -1.43. The van der Waals surface area contributed by atoms with Gasteiger partial charge < -0.3 is 9.88 Å². The lowest BCUT2D eigenvalue weighted by Crippen LogP contribution is -2.40. The lowest BCUT2D eigenvalue weighted by molar-refractivity contribution is 0.389. The van der Waals surface area contributed by atoms with Gasteiger partial charge >= 0.3 is 0 Å². The number of hydrogen-bond acceptors (Lipinski definition) is 6. The molecule has 2 aromatic heterocycles. The molecule has 2 fully saturated rings. The van der Waals surface area contributed by atoms with Crippen LogP contribution in [0.15, 0.2) is 12.7 Å². The van der Waals surface area contributed by atoms with Gasteiger partial charge in [0.15, 0.2) is 11.5 Å². The quantitative estimate of drug-likeness (QED) is 0.873. The molecule has 0 spiro atoms. The summed E-state index contributed by atoms with van der Waals surface area (Å²) in [4.78, 5) is 17.7. The van der Waals surface area contributed by atoms with Crippen molar-refractivity contribution < 1.29 is 8.42 Å². The average Bonchev–Trinajstić information content (AvgIpc) is 3.09. The predicted molar refractivity (Wildman–Crippen MR) is 82.0 cm³/mol. The van der Waals surface area contributed by atoms with Crippen LogP contribution in [0.25, 0.3) is 11.2 Å². The first-order valence-electron chi connectivity index (χ1n) is 7.43. The van der Waals surface area contributed by atoms with Crippen molar-refractivity contribution >= 4 is 27.0 Å². The van der Waals surface area contributed by atoms with Crippen LogP contribution in [-0.4, -0.2) is 64.1 Å². The third-order valence-corrected chi connectivity index (χ3v) is 6.94. The van der Waals surface area contributed by atoms with E-state index in [1.807, 2.05) is 0 Å². The molecule has 0 amide bonds. The zero-order valence-electron chi connectivity index (χ0n) is 12.3. The van der Waals surface area contributed by atoms with Gasteiger partial charge in [-0.15, -0.1) is 0 Å². The second-order valence-electron chi connectivity index (χ2n) is 5.95. The molecule has 1 saturated heterocycles. The first-order chi connectivity index (χ1) is 10.6.